The van der Waals surface area contributed by atoms with Gasteiger partial charge in [-0.25, -0.2) is 0 Å². The van der Waals surface area contributed by atoms with E-state index in [2.05, 4.69) is 55.2 Å². The Balaban J connectivity index is 1.93. The minimum absolute atomic E-state index is 0.727. The standard InChI is InChI=1S/C12H18Br2N2S/c1-16(9-3-2-5-15-6-4-9)8-10-7-11(13)12(14)17-10/h7,9,15H,2-6,8H2,1H3. The molecule has 1 atom stereocenters. The third kappa shape index (κ3) is 4.03. The van der Waals surface area contributed by atoms with E-state index in [0.29, 0.717) is 0 Å². The van der Waals surface area contributed by atoms with Crippen LogP contribution in [-0.2, 0) is 6.54 Å². The van der Waals surface area contributed by atoms with Crippen molar-refractivity contribution in [2.45, 2.75) is 31.8 Å². The van der Waals surface area contributed by atoms with E-state index >= 15 is 0 Å². The van der Waals surface area contributed by atoms with E-state index in [9.17, 15) is 0 Å². The van der Waals surface area contributed by atoms with Crippen molar-refractivity contribution in [1.29, 1.82) is 0 Å². The van der Waals surface area contributed by atoms with Gasteiger partial charge in [-0.1, -0.05) is 0 Å². The molecule has 17 heavy (non-hydrogen) atoms. The van der Waals surface area contributed by atoms with Gasteiger partial charge in [-0.3, -0.25) is 4.90 Å². The molecule has 1 aromatic heterocycles. The maximum Gasteiger partial charge on any atom is 0.0843 e. The van der Waals surface area contributed by atoms with Gasteiger partial charge in [0.2, 0.25) is 0 Å². The fourth-order valence-corrected chi connectivity index (χ4v) is 4.53. The zero-order valence-electron chi connectivity index (χ0n) is 10.0. The maximum absolute atomic E-state index is 3.56. The number of nitrogens with one attached hydrogen (secondary N) is 1. The quantitative estimate of drug-likeness (QED) is 0.855. The van der Waals surface area contributed by atoms with Crippen molar-refractivity contribution in [1.82, 2.24) is 10.2 Å². The number of thiophene rings is 1. The first-order valence-electron chi connectivity index (χ1n) is 6.01. The summed E-state index contributed by atoms with van der Waals surface area (Å²) in [7, 11) is 2.25. The van der Waals surface area contributed by atoms with Crippen molar-refractivity contribution < 1.29 is 0 Å². The second kappa shape index (κ2) is 6.66. The Labute approximate surface area is 124 Å². The maximum atomic E-state index is 3.56. The Morgan fingerprint density at radius 1 is 1.41 bits per heavy atom. The van der Waals surface area contributed by atoms with Crippen LogP contribution in [0.15, 0.2) is 14.3 Å². The van der Waals surface area contributed by atoms with E-state index in [1.165, 1.54) is 38.9 Å². The van der Waals surface area contributed by atoms with Gasteiger partial charge in [-0.05, 0) is 77.3 Å². The van der Waals surface area contributed by atoms with Crippen molar-refractivity contribution >= 4 is 43.2 Å². The molecule has 1 unspecified atom stereocenters. The molecule has 0 aromatic carbocycles. The molecule has 1 saturated heterocycles. The number of hydrogen-bond acceptors (Lipinski definition) is 3. The van der Waals surface area contributed by atoms with Crippen LogP contribution in [0.2, 0.25) is 0 Å². The number of hydrogen-bond donors (Lipinski definition) is 1. The largest absolute Gasteiger partial charge is 0.317 e. The second-order valence-corrected chi connectivity index (χ2v) is 7.89. The van der Waals surface area contributed by atoms with Crippen LogP contribution in [-0.4, -0.2) is 31.1 Å². The van der Waals surface area contributed by atoms with Crippen LogP contribution < -0.4 is 5.32 Å². The van der Waals surface area contributed by atoms with E-state index in [0.717, 1.165) is 19.1 Å². The Hall–Kier alpha value is 0.580. The van der Waals surface area contributed by atoms with Crippen LogP contribution in [0.3, 0.4) is 0 Å². The zero-order chi connectivity index (χ0) is 12.3. The summed E-state index contributed by atoms with van der Waals surface area (Å²) in [6, 6.07) is 2.95. The van der Waals surface area contributed by atoms with Crippen LogP contribution >= 0.6 is 43.2 Å². The van der Waals surface area contributed by atoms with Gasteiger partial charge in [0.05, 0.1) is 3.79 Å². The highest BCUT2D eigenvalue weighted by atomic mass is 79.9. The molecular formula is C12H18Br2N2S. The first kappa shape index (κ1) is 14.0. The molecule has 0 aliphatic carbocycles. The minimum atomic E-state index is 0.727. The topological polar surface area (TPSA) is 15.3 Å². The fourth-order valence-electron chi connectivity index (χ4n) is 2.29. The highest BCUT2D eigenvalue weighted by molar-refractivity contribution is 9.13. The van der Waals surface area contributed by atoms with Crippen LogP contribution in [0, 0.1) is 0 Å². The minimum Gasteiger partial charge on any atom is -0.317 e. The van der Waals surface area contributed by atoms with Crippen LogP contribution in [0.5, 0.6) is 0 Å². The third-order valence-corrected chi connectivity index (χ3v) is 6.51. The molecule has 2 heterocycles. The zero-order valence-corrected chi connectivity index (χ0v) is 14.0. The van der Waals surface area contributed by atoms with Crippen molar-refractivity contribution in [2.24, 2.45) is 0 Å². The molecule has 1 fully saturated rings. The lowest BCUT2D eigenvalue weighted by molar-refractivity contribution is 0.218. The van der Waals surface area contributed by atoms with Crippen LogP contribution in [0.25, 0.3) is 0 Å². The van der Waals surface area contributed by atoms with Gasteiger partial charge in [0.25, 0.3) is 0 Å². The van der Waals surface area contributed by atoms with Gasteiger partial charge < -0.3 is 5.32 Å². The van der Waals surface area contributed by atoms with Crippen molar-refractivity contribution in [2.75, 3.05) is 20.1 Å². The molecule has 1 aromatic rings. The molecule has 96 valence electrons. The van der Waals surface area contributed by atoms with Crippen molar-refractivity contribution in [3.8, 4) is 0 Å². The summed E-state index contributed by atoms with van der Waals surface area (Å²) in [5.74, 6) is 0. The molecule has 0 bridgehead atoms. The van der Waals surface area contributed by atoms with E-state index < -0.39 is 0 Å². The van der Waals surface area contributed by atoms with E-state index in [4.69, 9.17) is 0 Å². The number of halogens is 2. The molecule has 0 saturated carbocycles. The van der Waals surface area contributed by atoms with Gasteiger partial charge in [0, 0.05) is 21.9 Å². The van der Waals surface area contributed by atoms with E-state index in [1.807, 2.05) is 11.3 Å². The summed E-state index contributed by atoms with van der Waals surface area (Å²) in [6.45, 7) is 3.40. The molecule has 2 rings (SSSR count). The predicted molar refractivity (Wildman–Crippen MR) is 81.7 cm³/mol. The summed E-state index contributed by atoms with van der Waals surface area (Å²) in [5, 5.41) is 3.47. The fraction of sp³-hybridized carbons (Fsp3) is 0.667. The predicted octanol–water partition coefficient (Wildman–Crippen LogP) is 3.85. The molecule has 0 spiro atoms. The first-order chi connectivity index (χ1) is 8.16. The summed E-state index contributed by atoms with van der Waals surface area (Å²) in [4.78, 5) is 3.92. The summed E-state index contributed by atoms with van der Waals surface area (Å²) >= 11 is 8.93. The molecule has 0 amide bonds. The third-order valence-electron chi connectivity index (χ3n) is 3.27. The van der Waals surface area contributed by atoms with Gasteiger partial charge in [0.15, 0.2) is 0 Å². The van der Waals surface area contributed by atoms with Crippen molar-refractivity contribution in [3.63, 3.8) is 0 Å². The molecular weight excluding hydrogens is 364 g/mol. The molecule has 5 heteroatoms. The van der Waals surface area contributed by atoms with Crippen LogP contribution in [0.4, 0.5) is 0 Å². The van der Waals surface area contributed by atoms with Gasteiger partial charge in [-0.2, -0.15) is 0 Å². The van der Waals surface area contributed by atoms with E-state index in [1.54, 1.807) is 0 Å². The molecule has 1 aliphatic rings. The average Bonchev–Trinajstić information content (AvgIpc) is 2.54. The van der Waals surface area contributed by atoms with Crippen molar-refractivity contribution in [3.05, 3.63) is 19.2 Å². The number of rotatable bonds is 3. The Bertz CT molecular complexity index is 340. The molecule has 1 N–H and O–H groups in total. The lowest BCUT2D eigenvalue weighted by Gasteiger charge is -2.26. The normalized spacial score (nSPS) is 21.8. The monoisotopic (exact) mass is 380 g/mol. The Kier molecular flexibility index (Phi) is 5.49. The Morgan fingerprint density at radius 3 is 2.94 bits per heavy atom. The lowest BCUT2D eigenvalue weighted by Crippen LogP contribution is -2.31. The molecule has 2 nitrogen and oxygen atoms in total. The summed E-state index contributed by atoms with van der Waals surface area (Å²) < 4.78 is 2.37. The Morgan fingerprint density at radius 2 is 2.24 bits per heavy atom. The van der Waals surface area contributed by atoms with E-state index in [-0.39, 0.29) is 0 Å². The van der Waals surface area contributed by atoms with Gasteiger partial charge in [-0.15, -0.1) is 11.3 Å². The molecule has 1 aliphatic heterocycles. The van der Waals surface area contributed by atoms with Gasteiger partial charge >= 0.3 is 0 Å². The number of nitrogens with zero attached hydrogens (tertiary/aromatic N) is 1. The summed E-state index contributed by atoms with van der Waals surface area (Å²) in [6.07, 6.45) is 3.88. The molecule has 0 radical (unpaired) electrons. The highest BCUT2D eigenvalue weighted by Gasteiger charge is 2.17. The first-order valence-corrected chi connectivity index (χ1v) is 8.41. The average molecular weight is 382 g/mol. The lowest BCUT2D eigenvalue weighted by atomic mass is 10.1. The smallest absolute Gasteiger partial charge is 0.0843 e. The SMILES string of the molecule is CN(Cc1cc(Br)c(Br)s1)C1CCCNCC1. The second-order valence-electron chi connectivity index (χ2n) is 4.58. The summed E-state index contributed by atoms with van der Waals surface area (Å²) in [5.41, 5.74) is 0. The van der Waals surface area contributed by atoms with Gasteiger partial charge in [0.1, 0.15) is 0 Å². The highest BCUT2D eigenvalue weighted by Crippen LogP contribution is 2.33. The van der Waals surface area contributed by atoms with Crippen LogP contribution in [0.1, 0.15) is 24.1 Å².